The Bertz CT molecular complexity index is 783. The van der Waals surface area contributed by atoms with Gasteiger partial charge in [-0.1, -0.05) is 17.7 Å². The minimum Gasteiger partial charge on any atom is -0.458 e. The van der Waals surface area contributed by atoms with E-state index >= 15 is 0 Å². The number of hydrogen-bond donors (Lipinski definition) is 1. The Morgan fingerprint density at radius 2 is 1.80 bits per heavy atom. The molecule has 1 heterocycles. The lowest BCUT2D eigenvalue weighted by molar-refractivity contribution is 0.192. The summed E-state index contributed by atoms with van der Waals surface area (Å²) >= 11 is 12.8. The van der Waals surface area contributed by atoms with Crippen molar-refractivity contribution in [3.05, 3.63) is 67.8 Å². The van der Waals surface area contributed by atoms with E-state index in [9.17, 15) is 5.11 Å². The molecule has 2 aromatic carbocycles. The van der Waals surface area contributed by atoms with Crippen molar-refractivity contribution in [1.29, 1.82) is 0 Å². The van der Waals surface area contributed by atoms with Gasteiger partial charge in [-0.25, -0.2) is 0 Å². The molecule has 0 aliphatic carbocycles. The van der Waals surface area contributed by atoms with Crippen molar-refractivity contribution in [2.75, 3.05) is 0 Å². The van der Waals surface area contributed by atoms with Crippen LogP contribution in [0.15, 0.2) is 55.8 Å². The van der Waals surface area contributed by atoms with Crippen LogP contribution >= 0.6 is 43.5 Å². The quantitative estimate of drug-likeness (QED) is 0.582. The van der Waals surface area contributed by atoms with Crippen molar-refractivity contribution in [2.24, 2.45) is 0 Å². The monoisotopic (exact) mass is 414 g/mol. The van der Waals surface area contributed by atoms with Crippen LogP contribution in [0.4, 0.5) is 0 Å². The molecule has 3 aromatic rings. The molecule has 1 atom stereocenters. The Kier molecular flexibility index (Phi) is 3.91. The molecule has 0 spiro atoms. The first-order chi connectivity index (χ1) is 9.54. The van der Waals surface area contributed by atoms with Gasteiger partial charge in [0.2, 0.25) is 0 Å². The van der Waals surface area contributed by atoms with Crippen molar-refractivity contribution in [3.63, 3.8) is 0 Å². The van der Waals surface area contributed by atoms with Gasteiger partial charge < -0.3 is 9.52 Å². The lowest BCUT2D eigenvalue weighted by atomic mass is 10.1. The Labute approximate surface area is 137 Å². The summed E-state index contributed by atoms with van der Waals surface area (Å²) in [5, 5.41) is 11.9. The van der Waals surface area contributed by atoms with E-state index in [-0.39, 0.29) is 0 Å². The summed E-state index contributed by atoms with van der Waals surface area (Å²) in [5.74, 6) is 0.497. The van der Waals surface area contributed by atoms with Gasteiger partial charge >= 0.3 is 0 Å². The summed E-state index contributed by atoms with van der Waals surface area (Å²) in [6, 6.07) is 12.8. The van der Waals surface area contributed by atoms with E-state index < -0.39 is 6.10 Å². The SMILES string of the molecule is OC(c1ccc(Br)c(Br)c1)c1cc2cc(Cl)ccc2o1. The van der Waals surface area contributed by atoms with Crippen LogP contribution in [0.1, 0.15) is 17.4 Å². The summed E-state index contributed by atoms with van der Waals surface area (Å²) in [7, 11) is 0. The minimum absolute atomic E-state index is 0.497. The third-order valence-corrected chi connectivity index (χ3v) is 5.14. The predicted molar refractivity (Wildman–Crippen MR) is 87.1 cm³/mol. The summed E-state index contributed by atoms with van der Waals surface area (Å²) < 4.78 is 7.49. The molecule has 20 heavy (non-hydrogen) atoms. The zero-order chi connectivity index (χ0) is 14.3. The molecule has 0 saturated carbocycles. The first kappa shape index (κ1) is 14.1. The number of hydrogen-bond acceptors (Lipinski definition) is 2. The van der Waals surface area contributed by atoms with E-state index in [1.165, 1.54) is 0 Å². The number of furan rings is 1. The van der Waals surface area contributed by atoms with E-state index in [0.29, 0.717) is 16.4 Å². The first-order valence-electron chi connectivity index (χ1n) is 5.86. The second kappa shape index (κ2) is 5.53. The highest BCUT2D eigenvalue weighted by molar-refractivity contribution is 9.13. The maximum atomic E-state index is 10.4. The van der Waals surface area contributed by atoms with E-state index in [2.05, 4.69) is 31.9 Å². The molecule has 2 nitrogen and oxygen atoms in total. The molecule has 3 rings (SSSR count). The molecule has 0 saturated heterocycles. The van der Waals surface area contributed by atoms with Gasteiger partial charge in [0, 0.05) is 19.4 Å². The molecule has 0 amide bonds. The normalized spacial score (nSPS) is 12.8. The highest BCUT2D eigenvalue weighted by Crippen LogP contribution is 2.32. The average Bonchev–Trinajstić information content (AvgIpc) is 2.84. The molecule has 1 aromatic heterocycles. The predicted octanol–water partition coefficient (Wildman–Crippen LogP) is 5.69. The Morgan fingerprint density at radius 3 is 2.55 bits per heavy atom. The van der Waals surface area contributed by atoms with Crippen LogP contribution in [0.3, 0.4) is 0 Å². The number of benzene rings is 2. The van der Waals surface area contributed by atoms with Crippen LogP contribution in [0, 0.1) is 0 Å². The van der Waals surface area contributed by atoms with E-state index in [1.807, 2.05) is 30.3 Å². The van der Waals surface area contributed by atoms with Crippen molar-refractivity contribution in [1.82, 2.24) is 0 Å². The van der Waals surface area contributed by atoms with Crippen LogP contribution in [0.25, 0.3) is 11.0 Å². The van der Waals surface area contributed by atoms with Crippen molar-refractivity contribution < 1.29 is 9.52 Å². The van der Waals surface area contributed by atoms with E-state index in [1.54, 1.807) is 12.1 Å². The third kappa shape index (κ3) is 2.66. The first-order valence-corrected chi connectivity index (χ1v) is 7.83. The van der Waals surface area contributed by atoms with E-state index in [4.69, 9.17) is 16.0 Å². The standard InChI is InChI=1S/C15H9Br2ClO2/c16-11-3-1-8(6-12(11)17)15(19)14-7-9-5-10(18)2-4-13(9)20-14/h1-7,15,19H. The Hall–Kier alpha value is -0.810. The van der Waals surface area contributed by atoms with Gasteiger partial charge in [-0.2, -0.15) is 0 Å². The molecule has 0 aliphatic heterocycles. The highest BCUT2D eigenvalue weighted by Gasteiger charge is 2.16. The molecule has 0 fully saturated rings. The van der Waals surface area contributed by atoms with Gasteiger partial charge in [0.1, 0.15) is 17.4 Å². The second-order valence-corrected chi connectivity index (χ2v) is 6.55. The zero-order valence-electron chi connectivity index (χ0n) is 10.1. The zero-order valence-corrected chi connectivity index (χ0v) is 14.0. The van der Waals surface area contributed by atoms with Crippen LogP contribution in [0.2, 0.25) is 5.02 Å². The smallest absolute Gasteiger partial charge is 0.138 e. The van der Waals surface area contributed by atoms with Crippen molar-refractivity contribution in [3.8, 4) is 0 Å². The lowest BCUT2D eigenvalue weighted by Gasteiger charge is -2.09. The summed E-state index contributed by atoms with van der Waals surface area (Å²) in [6.07, 6.45) is -0.814. The molecule has 1 N–H and O–H groups in total. The molecule has 0 radical (unpaired) electrons. The molecular formula is C15H9Br2ClO2. The van der Waals surface area contributed by atoms with Gasteiger partial charge in [-0.3, -0.25) is 0 Å². The van der Waals surface area contributed by atoms with Crippen LogP contribution < -0.4 is 0 Å². The number of aliphatic hydroxyl groups excluding tert-OH is 1. The van der Waals surface area contributed by atoms with E-state index in [0.717, 1.165) is 19.9 Å². The maximum absolute atomic E-state index is 10.4. The van der Waals surface area contributed by atoms with Crippen LogP contribution in [0.5, 0.6) is 0 Å². The second-order valence-electron chi connectivity index (χ2n) is 4.41. The van der Waals surface area contributed by atoms with Crippen LogP contribution in [-0.4, -0.2) is 5.11 Å². The van der Waals surface area contributed by atoms with Gasteiger partial charge in [0.15, 0.2) is 0 Å². The average molecular weight is 416 g/mol. The minimum atomic E-state index is -0.814. The fourth-order valence-corrected chi connectivity index (χ4v) is 2.84. The molecule has 1 unspecified atom stereocenters. The summed E-state index contributed by atoms with van der Waals surface area (Å²) in [5.41, 5.74) is 1.46. The summed E-state index contributed by atoms with van der Waals surface area (Å²) in [6.45, 7) is 0. The molecule has 0 bridgehead atoms. The number of fused-ring (bicyclic) bond motifs is 1. The van der Waals surface area contributed by atoms with Gasteiger partial charge in [0.05, 0.1) is 0 Å². The summed E-state index contributed by atoms with van der Waals surface area (Å²) in [4.78, 5) is 0. The van der Waals surface area contributed by atoms with Crippen molar-refractivity contribution >= 4 is 54.4 Å². The molecular weight excluding hydrogens is 407 g/mol. The number of rotatable bonds is 2. The molecule has 0 aliphatic rings. The van der Waals surface area contributed by atoms with Gasteiger partial charge in [-0.05, 0) is 73.8 Å². The highest BCUT2D eigenvalue weighted by atomic mass is 79.9. The topological polar surface area (TPSA) is 33.4 Å². The Morgan fingerprint density at radius 1 is 1.00 bits per heavy atom. The fourth-order valence-electron chi connectivity index (χ4n) is 2.02. The molecule has 5 heteroatoms. The number of aliphatic hydroxyl groups is 1. The molecule has 102 valence electrons. The largest absolute Gasteiger partial charge is 0.458 e. The number of halogens is 3. The maximum Gasteiger partial charge on any atom is 0.138 e. The Balaban J connectivity index is 2.02. The van der Waals surface area contributed by atoms with Crippen molar-refractivity contribution in [2.45, 2.75) is 6.10 Å². The fraction of sp³-hybridized carbons (Fsp3) is 0.0667. The van der Waals surface area contributed by atoms with Gasteiger partial charge in [0.25, 0.3) is 0 Å². The lowest BCUT2D eigenvalue weighted by Crippen LogP contribution is -1.97. The third-order valence-electron chi connectivity index (χ3n) is 3.03. The van der Waals surface area contributed by atoms with Crippen LogP contribution in [-0.2, 0) is 0 Å². The van der Waals surface area contributed by atoms with Gasteiger partial charge in [-0.15, -0.1) is 0 Å².